The van der Waals surface area contributed by atoms with Crippen molar-refractivity contribution in [1.29, 1.82) is 0 Å². The maximum absolute atomic E-state index is 11.9. The van der Waals surface area contributed by atoms with E-state index in [4.69, 9.17) is 5.11 Å². The number of carboxylic acids is 1. The fourth-order valence-corrected chi connectivity index (χ4v) is 0.440. The quantitative estimate of drug-likeness (QED) is 0.598. The van der Waals surface area contributed by atoms with Gasteiger partial charge in [0.1, 0.15) is 0 Å². The first-order chi connectivity index (χ1) is 4.18. The van der Waals surface area contributed by atoms with E-state index >= 15 is 0 Å². The summed E-state index contributed by atoms with van der Waals surface area (Å²) in [4.78, 5) is 9.69. The molecule has 0 bridgehead atoms. The monoisotopic (exact) mass is 150 g/mol. The fourth-order valence-electron chi connectivity index (χ4n) is 0.205. The molecule has 3 nitrogen and oxygen atoms in total. The number of aliphatic carboxylic acids is 1. The van der Waals surface area contributed by atoms with Gasteiger partial charge in [0.25, 0.3) is 0 Å². The van der Waals surface area contributed by atoms with Crippen molar-refractivity contribution < 1.29 is 18.9 Å². The van der Waals surface area contributed by atoms with Gasteiger partial charge in [0.05, 0.1) is 0 Å². The molecule has 1 N–H and O–H groups in total. The van der Waals surface area contributed by atoms with Crippen molar-refractivity contribution >= 4 is 13.9 Å². The van der Waals surface area contributed by atoms with Crippen LogP contribution < -0.4 is 0 Å². The van der Waals surface area contributed by atoms with Crippen LogP contribution in [0.3, 0.4) is 0 Å². The average molecular weight is 150 g/mol. The van der Waals surface area contributed by atoms with Gasteiger partial charge in [-0.05, 0) is 0 Å². The zero-order chi connectivity index (χ0) is 7.28. The Hall–Kier alpha value is -0.590. The molecule has 0 saturated carbocycles. The van der Waals surface area contributed by atoms with Crippen molar-refractivity contribution in [2.75, 3.05) is 0 Å². The van der Waals surface area contributed by atoms with Crippen LogP contribution in [0.2, 0.25) is 0 Å². The molecule has 0 aromatic heterocycles. The molecule has 0 fully saturated rings. The van der Waals surface area contributed by atoms with Gasteiger partial charge in [0.2, 0.25) is 0 Å². The normalized spacial score (nSPS) is 11.7. The molecule has 0 aromatic rings. The van der Waals surface area contributed by atoms with Crippen LogP contribution in [0.5, 0.6) is 0 Å². The topological polar surface area (TPSA) is 54.4 Å². The molecule has 5 heteroatoms. The molecular weight excluding hydrogens is 146 g/mol. The Morgan fingerprint density at radius 2 is 2.44 bits per heavy atom. The Bertz CT molecular complexity index is 195. The molecule has 9 heavy (non-hydrogen) atoms. The minimum absolute atomic E-state index is 0.430. The van der Waals surface area contributed by atoms with Gasteiger partial charge in [0.15, 0.2) is 0 Å². The molecule has 0 aliphatic rings. The summed E-state index contributed by atoms with van der Waals surface area (Å²) in [5.41, 5.74) is 1.99. The zero-order valence-electron chi connectivity index (χ0n) is 4.37. The number of carbonyl (C=O) groups is 1. The molecule has 0 saturated heterocycles. The van der Waals surface area contributed by atoms with E-state index in [0.29, 0.717) is 0 Å². The average Bonchev–Trinajstić information content (AvgIpc) is 1.82. The second-order valence-electron chi connectivity index (χ2n) is 1.26. The summed E-state index contributed by atoms with van der Waals surface area (Å²) >= 11 is 0. The van der Waals surface area contributed by atoms with Gasteiger partial charge in [-0.15, -0.1) is 0 Å². The van der Waals surface area contributed by atoms with Gasteiger partial charge in [-0.1, -0.05) is 0 Å². The van der Waals surface area contributed by atoms with Crippen molar-refractivity contribution in [3.8, 4) is 5.63 Å². The second-order valence-corrected chi connectivity index (χ2v) is 1.76. The molecule has 0 aromatic carbocycles. The predicted molar refractivity (Wildman–Crippen MR) is 28.6 cm³/mol. The standard InChI is InChI=1S/C4H4FO3P/c5-3(4(6)7)1-2-9-8/h3H,1H2,(H,6,7)/t3-/m1/s1. The van der Waals surface area contributed by atoms with E-state index in [-0.39, 0.29) is 0 Å². The van der Waals surface area contributed by atoms with Crippen molar-refractivity contribution in [2.24, 2.45) is 0 Å². The third-order valence-electron chi connectivity index (χ3n) is 0.603. The molecule has 50 valence electrons. The maximum atomic E-state index is 11.9. The van der Waals surface area contributed by atoms with Crippen LogP contribution in [-0.2, 0) is 9.36 Å². The van der Waals surface area contributed by atoms with Gasteiger partial charge < -0.3 is 0 Å². The number of halogens is 1. The summed E-state index contributed by atoms with van der Waals surface area (Å²) in [6, 6.07) is 0. The molecule has 0 spiro atoms. The Morgan fingerprint density at radius 1 is 1.89 bits per heavy atom. The van der Waals surface area contributed by atoms with Crippen LogP contribution in [0, 0.1) is 5.63 Å². The first-order valence-corrected chi connectivity index (χ1v) is 2.91. The summed E-state index contributed by atoms with van der Waals surface area (Å²) in [6.45, 7) is 0. The number of hydrogen-bond donors (Lipinski definition) is 1. The summed E-state index contributed by atoms with van der Waals surface area (Å²) in [5.74, 6) is -1.55. The zero-order valence-corrected chi connectivity index (χ0v) is 5.27. The third kappa shape index (κ3) is 3.95. The molecule has 0 unspecified atom stereocenters. The number of carboxylic acid groups (broad SMARTS) is 1. The molecule has 0 aliphatic carbocycles. The van der Waals surface area contributed by atoms with E-state index in [0.717, 1.165) is 0 Å². The van der Waals surface area contributed by atoms with Gasteiger partial charge in [0, 0.05) is 0 Å². The van der Waals surface area contributed by atoms with Crippen LogP contribution in [0.4, 0.5) is 4.39 Å². The molecule has 0 aliphatic heterocycles. The Labute approximate surface area is 52.0 Å². The van der Waals surface area contributed by atoms with Crippen molar-refractivity contribution in [2.45, 2.75) is 12.6 Å². The van der Waals surface area contributed by atoms with E-state index in [9.17, 15) is 13.8 Å². The summed E-state index contributed by atoms with van der Waals surface area (Å²) < 4.78 is 21.5. The minimum atomic E-state index is -1.98. The van der Waals surface area contributed by atoms with Crippen molar-refractivity contribution in [1.82, 2.24) is 0 Å². The van der Waals surface area contributed by atoms with Crippen LogP contribution in [0.25, 0.3) is 0 Å². The van der Waals surface area contributed by atoms with E-state index in [1.165, 1.54) is 0 Å². The molecule has 0 radical (unpaired) electrons. The SMILES string of the molecule is O=P#CC[C@@H](F)C(=O)O. The van der Waals surface area contributed by atoms with Gasteiger partial charge in [-0.3, -0.25) is 0 Å². The van der Waals surface area contributed by atoms with E-state index in [1.54, 1.807) is 0 Å². The predicted octanol–water partition coefficient (Wildman–Crippen LogP) is 1.05. The van der Waals surface area contributed by atoms with Crippen molar-refractivity contribution in [3.05, 3.63) is 0 Å². The first-order valence-electron chi connectivity index (χ1n) is 2.10. The Kier molecular flexibility index (Phi) is 4.02. The first kappa shape index (κ1) is 8.41. The number of hydrogen-bond acceptors (Lipinski definition) is 2. The Balaban J connectivity index is 3.72. The van der Waals surface area contributed by atoms with Gasteiger partial charge in [-0.25, -0.2) is 0 Å². The molecule has 1 atom stereocenters. The van der Waals surface area contributed by atoms with Crippen LogP contribution >= 0.6 is 7.92 Å². The molecule has 0 amide bonds. The van der Waals surface area contributed by atoms with Crippen LogP contribution in [0.15, 0.2) is 0 Å². The number of alkyl halides is 1. The molecule has 0 heterocycles. The van der Waals surface area contributed by atoms with E-state index in [1.807, 2.05) is 5.63 Å². The molecule has 0 rings (SSSR count). The van der Waals surface area contributed by atoms with E-state index < -0.39 is 26.5 Å². The van der Waals surface area contributed by atoms with E-state index in [2.05, 4.69) is 0 Å². The fraction of sp³-hybridized carbons (Fsp3) is 0.500. The van der Waals surface area contributed by atoms with Crippen molar-refractivity contribution in [3.63, 3.8) is 0 Å². The van der Waals surface area contributed by atoms with Crippen LogP contribution in [0.1, 0.15) is 6.42 Å². The van der Waals surface area contributed by atoms with Crippen LogP contribution in [-0.4, -0.2) is 17.2 Å². The summed E-state index contributed by atoms with van der Waals surface area (Å²) in [7, 11) is -0.458. The van der Waals surface area contributed by atoms with Gasteiger partial charge in [-0.2, -0.15) is 0 Å². The molecular formula is C4H4FO3P. The Morgan fingerprint density at radius 3 is 2.78 bits per heavy atom. The summed E-state index contributed by atoms with van der Waals surface area (Å²) in [6.07, 6.45) is -2.41. The van der Waals surface area contributed by atoms with Gasteiger partial charge >= 0.3 is 51.0 Å². The summed E-state index contributed by atoms with van der Waals surface area (Å²) in [5, 5.41) is 7.89. The third-order valence-corrected chi connectivity index (χ3v) is 0.915. The second kappa shape index (κ2) is 4.30. The number of rotatable bonds is 2.